The highest BCUT2D eigenvalue weighted by molar-refractivity contribution is 7.77. The number of piperidine rings is 1. The van der Waals surface area contributed by atoms with Crippen LogP contribution in [0.1, 0.15) is 24.4 Å². The predicted octanol–water partition coefficient (Wildman–Crippen LogP) is 2.04. The third-order valence-corrected chi connectivity index (χ3v) is 5.13. The lowest BCUT2D eigenvalue weighted by molar-refractivity contribution is 0.323. The zero-order valence-corrected chi connectivity index (χ0v) is 15.4. The minimum atomic E-state index is -2.40. The summed E-state index contributed by atoms with van der Waals surface area (Å²) in [7, 11) is 0. The summed E-state index contributed by atoms with van der Waals surface area (Å²) in [6, 6.07) is 4.70. The summed E-state index contributed by atoms with van der Waals surface area (Å²) in [4.78, 5) is 6.14. The molecule has 0 saturated carbocycles. The smallest absolute Gasteiger partial charge is 0.246 e. The Morgan fingerprint density at radius 2 is 1.96 bits per heavy atom. The molecule has 4 N–H and O–H groups in total. The van der Waals surface area contributed by atoms with Crippen LogP contribution in [0.5, 0.6) is 0 Å². The number of anilines is 2. The molecule has 136 valence electrons. The fraction of sp³-hybridized carbons (Fsp3) is 0.429. The molecule has 0 spiro atoms. The van der Waals surface area contributed by atoms with Crippen molar-refractivity contribution in [1.82, 2.24) is 19.9 Å². The van der Waals surface area contributed by atoms with Gasteiger partial charge in [0.2, 0.25) is 11.9 Å². The van der Waals surface area contributed by atoms with E-state index in [4.69, 9.17) is 28.9 Å². The number of aromatic nitrogens is 3. The third-order valence-electron chi connectivity index (χ3n) is 4.25. The lowest BCUT2D eigenvalue weighted by Gasteiger charge is -2.36. The van der Waals surface area contributed by atoms with Gasteiger partial charge in [0.05, 0.1) is 0 Å². The molecule has 8 nitrogen and oxygen atoms in total. The number of nitrogen functional groups attached to an aromatic ring is 1. The number of H-pyrrole nitrogens is 1. The van der Waals surface area contributed by atoms with Gasteiger partial charge < -0.3 is 15.2 Å². The molecule has 1 saturated heterocycles. The van der Waals surface area contributed by atoms with Crippen LogP contribution in [0.4, 0.5) is 11.9 Å². The lowest BCUT2D eigenvalue weighted by atomic mass is 9.86. The van der Waals surface area contributed by atoms with E-state index in [-0.39, 0.29) is 11.9 Å². The van der Waals surface area contributed by atoms with E-state index in [1.165, 1.54) is 0 Å². The molecule has 2 aromatic rings. The zero-order chi connectivity index (χ0) is 18.0. The molecule has 1 aromatic carbocycles. The summed E-state index contributed by atoms with van der Waals surface area (Å²) in [6.07, 6.45) is 1.51. The van der Waals surface area contributed by atoms with Crippen LogP contribution in [0.25, 0.3) is 0 Å². The Kier molecular flexibility index (Phi) is 5.80. The first-order valence-electron chi connectivity index (χ1n) is 7.66. The molecule has 1 fully saturated rings. The third kappa shape index (κ3) is 4.62. The summed E-state index contributed by atoms with van der Waals surface area (Å²) in [5, 5.41) is 7.61. The molecule has 1 aliphatic rings. The Bertz CT molecular complexity index is 745. The average molecular weight is 404 g/mol. The van der Waals surface area contributed by atoms with Crippen molar-refractivity contribution in [2.75, 3.05) is 23.7 Å². The van der Waals surface area contributed by atoms with Gasteiger partial charge in [-0.15, -0.1) is 5.10 Å². The number of hydrogen-bond donors (Lipinski definition) is 3. The van der Waals surface area contributed by atoms with E-state index in [1.54, 1.807) is 18.2 Å². The summed E-state index contributed by atoms with van der Waals surface area (Å²) in [5.74, 6) is 0.922. The SMILES string of the molecule is Nc1nc(N2CCC(C(NS(=O)[O-])c3cc(Cl)cc(Cl)c3)CC2)n[nH]1. The number of halogens is 2. The molecule has 3 rings (SSSR count). The van der Waals surface area contributed by atoms with Crippen molar-refractivity contribution in [1.29, 1.82) is 0 Å². The van der Waals surface area contributed by atoms with Crippen LogP contribution in [0.3, 0.4) is 0 Å². The van der Waals surface area contributed by atoms with Gasteiger partial charge in [0, 0.05) is 40.4 Å². The van der Waals surface area contributed by atoms with E-state index in [0.29, 0.717) is 29.1 Å². The minimum Gasteiger partial charge on any atom is -0.760 e. The first kappa shape index (κ1) is 18.4. The molecular weight excluding hydrogens is 387 g/mol. The number of nitrogens with one attached hydrogen (secondary N) is 2. The maximum absolute atomic E-state index is 11.3. The fourth-order valence-electron chi connectivity index (χ4n) is 3.13. The van der Waals surface area contributed by atoms with Gasteiger partial charge in [-0.2, -0.15) is 4.98 Å². The van der Waals surface area contributed by atoms with Crippen molar-refractivity contribution in [2.45, 2.75) is 18.9 Å². The van der Waals surface area contributed by atoms with Gasteiger partial charge >= 0.3 is 0 Å². The van der Waals surface area contributed by atoms with Gasteiger partial charge in [-0.25, -0.2) is 9.82 Å². The van der Waals surface area contributed by atoms with Crippen molar-refractivity contribution in [3.63, 3.8) is 0 Å². The van der Waals surface area contributed by atoms with Crippen LogP contribution >= 0.6 is 23.2 Å². The molecule has 2 heterocycles. The van der Waals surface area contributed by atoms with Crippen LogP contribution in [-0.4, -0.2) is 37.0 Å². The van der Waals surface area contributed by atoms with Crippen LogP contribution in [-0.2, 0) is 11.3 Å². The van der Waals surface area contributed by atoms with Crippen molar-refractivity contribution in [2.24, 2.45) is 5.92 Å². The number of nitrogens with zero attached hydrogens (tertiary/aromatic N) is 3. The molecule has 0 amide bonds. The molecule has 1 aliphatic heterocycles. The highest BCUT2D eigenvalue weighted by Crippen LogP contribution is 2.34. The Morgan fingerprint density at radius 1 is 1.32 bits per heavy atom. The quantitative estimate of drug-likeness (QED) is 0.656. The van der Waals surface area contributed by atoms with E-state index in [1.807, 2.05) is 4.90 Å². The Hall–Kier alpha value is -1.39. The van der Waals surface area contributed by atoms with E-state index >= 15 is 0 Å². The Balaban J connectivity index is 1.75. The van der Waals surface area contributed by atoms with Crippen LogP contribution in [0.15, 0.2) is 18.2 Å². The molecule has 0 aliphatic carbocycles. The average Bonchev–Trinajstić information content (AvgIpc) is 2.98. The van der Waals surface area contributed by atoms with Crippen LogP contribution in [0.2, 0.25) is 10.0 Å². The van der Waals surface area contributed by atoms with E-state index < -0.39 is 17.3 Å². The highest BCUT2D eigenvalue weighted by atomic mass is 35.5. The maximum atomic E-state index is 11.3. The molecule has 11 heteroatoms. The maximum Gasteiger partial charge on any atom is 0.246 e. The van der Waals surface area contributed by atoms with Gasteiger partial charge in [0.1, 0.15) is 0 Å². The summed E-state index contributed by atoms with van der Waals surface area (Å²) >= 11 is 9.74. The first-order chi connectivity index (χ1) is 11.9. The van der Waals surface area contributed by atoms with Gasteiger partial charge in [-0.3, -0.25) is 4.21 Å². The van der Waals surface area contributed by atoms with Crippen molar-refractivity contribution < 1.29 is 8.76 Å². The molecule has 0 radical (unpaired) electrons. The van der Waals surface area contributed by atoms with E-state index in [2.05, 4.69) is 19.9 Å². The summed E-state index contributed by atoms with van der Waals surface area (Å²) < 4.78 is 25.1. The van der Waals surface area contributed by atoms with Crippen LogP contribution in [0, 0.1) is 5.92 Å². The zero-order valence-electron chi connectivity index (χ0n) is 13.1. The summed E-state index contributed by atoms with van der Waals surface area (Å²) in [6.45, 7) is 1.39. The molecule has 2 atom stereocenters. The monoisotopic (exact) mass is 403 g/mol. The van der Waals surface area contributed by atoms with Gasteiger partial charge in [-0.1, -0.05) is 23.2 Å². The Morgan fingerprint density at radius 3 is 2.48 bits per heavy atom. The van der Waals surface area contributed by atoms with E-state index in [9.17, 15) is 8.76 Å². The summed E-state index contributed by atoms with van der Waals surface area (Å²) in [5.41, 5.74) is 6.31. The molecule has 2 unspecified atom stereocenters. The molecule has 1 aromatic heterocycles. The van der Waals surface area contributed by atoms with Crippen LogP contribution < -0.4 is 15.4 Å². The van der Waals surface area contributed by atoms with Crippen molar-refractivity contribution in [3.8, 4) is 0 Å². The van der Waals surface area contributed by atoms with Gasteiger partial charge in [-0.05, 0) is 42.5 Å². The van der Waals surface area contributed by atoms with E-state index in [0.717, 1.165) is 18.4 Å². The molecule has 25 heavy (non-hydrogen) atoms. The normalized spacial score (nSPS) is 18.3. The van der Waals surface area contributed by atoms with Gasteiger partial charge in [0.15, 0.2) is 0 Å². The fourth-order valence-corrected chi connectivity index (χ4v) is 4.21. The number of benzene rings is 1. The predicted molar refractivity (Wildman–Crippen MR) is 97.0 cm³/mol. The minimum absolute atomic E-state index is 0.0972. The Labute approximate surface area is 157 Å². The van der Waals surface area contributed by atoms with Crippen molar-refractivity contribution in [3.05, 3.63) is 33.8 Å². The second-order valence-electron chi connectivity index (χ2n) is 5.88. The molecular formula is C14H17Cl2N6O2S-. The molecule has 0 bridgehead atoms. The number of aromatic amines is 1. The topological polar surface area (TPSA) is 123 Å². The van der Waals surface area contributed by atoms with Gasteiger partial charge in [0.25, 0.3) is 0 Å². The first-order valence-corrected chi connectivity index (χ1v) is 9.49. The number of rotatable bonds is 5. The standard InChI is InChI=1S/C14H18Cl2N6O2S/c15-10-5-9(6-11(16)7-10)12(21-25(23)24)8-1-3-22(4-2-8)14-18-13(17)19-20-14/h5-8,12,21H,1-4H2,(H,23,24)(H3,17,18,19,20)/p-1. The van der Waals surface area contributed by atoms with Crippen molar-refractivity contribution >= 4 is 46.4 Å². The second kappa shape index (κ2) is 7.88. The number of nitrogens with two attached hydrogens (primary N) is 1. The number of hydrogen-bond acceptors (Lipinski definition) is 6. The second-order valence-corrected chi connectivity index (χ2v) is 7.46. The largest absolute Gasteiger partial charge is 0.760 e. The lowest BCUT2D eigenvalue weighted by Crippen LogP contribution is -2.40. The highest BCUT2D eigenvalue weighted by Gasteiger charge is 2.29.